The summed E-state index contributed by atoms with van der Waals surface area (Å²) in [6.45, 7) is 2.24. The second-order valence-corrected chi connectivity index (χ2v) is 12.5. The van der Waals surface area contributed by atoms with Gasteiger partial charge in [-0.05, 0) is 56.0 Å². The minimum atomic E-state index is -3.41. The molecule has 0 bridgehead atoms. The minimum Gasteiger partial charge on any atom is -0.493 e. The number of ether oxygens (including phenoxy) is 3. The number of nitrogens with zero attached hydrogens (tertiary/aromatic N) is 2. The summed E-state index contributed by atoms with van der Waals surface area (Å²) >= 11 is 6.02. The molecule has 4 rings (SSSR count). The molecule has 40 heavy (non-hydrogen) atoms. The Kier molecular flexibility index (Phi) is 11.2. The van der Waals surface area contributed by atoms with Crippen LogP contribution in [0.1, 0.15) is 18.4 Å². The Morgan fingerprint density at radius 2 is 1.60 bits per heavy atom. The molecule has 13 heteroatoms. The Balaban J connectivity index is 0.00000441. The largest absolute Gasteiger partial charge is 0.493 e. The van der Waals surface area contributed by atoms with Crippen LogP contribution in [-0.2, 0) is 16.4 Å². The Hall–Kier alpha value is -2.44. The lowest BCUT2D eigenvalue weighted by Crippen LogP contribution is -2.54. The van der Waals surface area contributed by atoms with E-state index in [1.807, 2.05) is 12.1 Å². The quantitative estimate of drug-likeness (QED) is 0.440. The van der Waals surface area contributed by atoms with Gasteiger partial charge in [-0.1, -0.05) is 23.7 Å². The minimum absolute atomic E-state index is 0. The summed E-state index contributed by atoms with van der Waals surface area (Å²) in [5.74, 6) is 1.79. The molecule has 0 aromatic heterocycles. The van der Waals surface area contributed by atoms with Crippen molar-refractivity contribution in [1.82, 2.24) is 14.5 Å². The predicted molar refractivity (Wildman–Crippen MR) is 159 cm³/mol. The van der Waals surface area contributed by atoms with Crippen LogP contribution in [0.3, 0.4) is 0 Å². The fraction of sp³-hybridized carbons (Fsp3) is 0.519. The number of rotatable bonds is 9. The molecule has 2 amide bonds. The first-order valence-electron chi connectivity index (χ1n) is 12.9. The van der Waals surface area contributed by atoms with Gasteiger partial charge in [0.2, 0.25) is 15.8 Å². The molecule has 2 fully saturated rings. The van der Waals surface area contributed by atoms with Crippen molar-refractivity contribution in [3.05, 3.63) is 47.0 Å². The fourth-order valence-corrected chi connectivity index (χ4v) is 6.45. The molecule has 0 radical (unpaired) electrons. The number of methoxy groups -OCH3 is 3. The molecule has 0 spiro atoms. The molecule has 2 atom stereocenters. The Labute approximate surface area is 247 Å². The van der Waals surface area contributed by atoms with Crippen LogP contribution >= 0.6 is 24.0 Å². The summed E-state index contributed by atoms with van der Waals surface area (Å²) in [5.41, 5.74) is 1.73. The molecule has 2 aliphatic rings. The number of sulfonamides is 1. The molecule has 2 N–H and O–H groups in total. The maximum atomic E-state index is 13.1. The van der Waals surface area contributed by atoms with Gasteiger partial charge in [-0.3, -0.25) is 4.90 Å². The van der Waals surface area contributed by atoms with Crippen LogP contribution in [0.25, 0.3) is 0 Å². The Morgan fingerprint density at radius 1 is 1.00 bits per heavy atom. The maximum absolute atomic E-state index is 13.1. The molecule has 2 aliphatic heterocycles. The number of amides is 2. The highest BCUT2D eigenvalue weighted by Crippen LogP contribution is 2.40. The number of hydrogen-bond acceptors (Lipinski definition) is 7. The molecule has 10 nitrogen and oxygen atoms in total. The highest BCUT2D eigenvalue weighted by Gasteiger charge is 2.42. The number of anilines is 1. The van der Waals surface area contributed by atoms with E-state index in [0.29, 0.717) is 35.4 Å². The van der Waals surface area contributed by atoms with Gasteiger partial charge in [-0.2, -0.15) is 4.31 Å². The van der Waals surface area contributed by atoms with E-state index in [0.717, 1.165) is 37.4 Å². The second-order valence-electron chi connectivity index (χ2n) is 10.1. The summed E-state index contributed by atoms with van der Waals surface area (Å²) in [5, 5.41) is 6.57. The number of hydrogen-bond donors (Lipinski definition) is 2. The van der Waals surface area contributed by atoms with E-state index in [9.17, 15) is 13.2 Å². The zero-order chi connectivity index (χ0) is 28.2. The highest BCUT2D eigenvalue weighted by atomic mass is 35.5. The highest BCUT2D eigenvalue weighted by molar-refractivity contribution is 7.88. The van der Waals surface area contributed by atoms with E-state index in [2.05, 4.69) is 27.7 Å². The summed E-state index contributed by atoms with van der Waals surface area (Å²) in [7, 11) is 1.11. The second kappa shape index (κ2) is 14.0. The van der Waals surface area contributed by atoms with E-state index in [1.165, 1.54) is 37.5 Å². The lowest BCUT2D eigenvalue weighted by molar-refractivity contribution is 0.125. The van der Waals surface area contributed by atoms with Crippen LogP contribution in [0, 0.1) is 5.92 Å². The molecule has 2 saturated heterocycles. The van der Waals surface area contributed by atoms with Gasteiger partial charge in [-0.25, -0.2) is 13.2 Å². The van der Waals surface area contributed by atoms with Crippen molar-refractivity contribution in [2.45, 2.75) is 31.3 Å². The van der Waals surface area contributed by atoms with E-state index in [-0.39, 0.29) is 31.0 Å². The normalized spacial score (nSPS) is 20.4. The van der Waals surface area contributed by atoms with E-state index >= 15 is 0 Å². The van der Waals surface area contributed by atoms with Crippen molar-refractivity contribution >= 4 is 45.7 Å². The first kappa shape index (κ1) is 32.1. The molecular weight excluding hydrogens is 579 g/mol. The average molecular weight is 618 g/mol. The third kappa shape index (κ3) is 7.85. The van der Waals surface area contributed by atoms with Gasteiger partial charge in [0, 0.05) is 36.3 Å². The zero-order valence-corrected chi connectivity index (χ0v) is 25.6. The fourth-order valence-electron chi connectivity index (χ4n) is 5.47. The van der Waals surface area contributed by atoms with Crippen molar-refractivity contribution in [3.63, 3.8) is 0 Å². The molecule has 2 heterocycles. The van der Waals surface area contributed by atoms with Gasteiger partial charge in [0.05, 0.1) is 39.3 Å². The summed E-state index contributed by atoms with van der Waals surface area (Å²) in [6.07, 6.45) is 4.20. The summed E-state index contributed by atoms with van der Waals surface area (Å²) in [4.78, 5) is 15.4. The molecule has 2 unspecified atom stereocenters. The first-order valence-corrected chi connectivity index (χ1v) is 15.1. The number of halogens is 2. The van der Waals surface area contributed by atoms with Crippen LogP contribution in [0.4, 0.5) is 10.5 Å². The van der Waals surface area contributed by atoms with E-state index < -0.39 is 16.1 Å². The number of likely N-dealkylation sites (tertiary alicyclic amines) is 1. The monoisotopic (exact) mass is 616 g/mol. The van der Waals surface area contributed by atoms with E-state index in [4.69, 9.17) is 25.8 Å². The number of carbonyl (C=O) groups is 1. The van der Waals surface area contributed by atoms with Crippen LogP contribution in [-0.4, -0.2) is 89.5 Å². The lowest BCUT2D eigenvalue weighted by Gasteiger charge is -2.38. The van der Waals surface area contributed by atoms with Crippen LogP contribution in [0.5, 0.6) is 17.2 Å². The smallest absolute Gasteiger partial charge is 0.319 e. The zero-order valence-electron chi connectivity index (χ0n) is 23.2. The van der Waals surface area contributed by atoms with Gasteiger partial charge >= 0.3 is 6.03 Å². The molecule has 2 aromatic rings. The Morgan fingerprint density at radius 3 is 2.12 bits per heavy atom. The van der Waals surface area contributed by atoms with Crippen LogP contribution in [0.15, 0.2) is 36.4 Å². The molecule has 222 valence electrons. The van der Waals surface area contributed by atoms with Crippen molar-refractivity contribution < 1.29 is 27.4 Å². The topological polar surface area (TPSA) is 109 Å². The molecular formula is C27H38Cl2N4O6S. The van der Waals surface area contributed by atoms with Crippen molar-refractivity contribution in [2.75, 3.05) is 59.1 Å². The maximum Gasteiger partial charge on any atom is 0.319 e. The third-order valence-electron chi connectivity index (χ3n) is 7.52. The standard InChI is InChI=1S/C27H37ClN4O6S.ClH/c1-36-24-14-21(15-25(37-2)26(24)38-3)29-27(33)30-22-16-32(39(4,34)35)17-23(22)31-11-9-19(10-12-31)13-18-5-7-20(28)8-6-18;/h5-8,14-15,19,22-23H,9-13,16-17H2,1-4H3,(H2,29,30,33);1H. The summed E-state index contributed by atoms with van der Waals surface area (Å²) in [6, 6.07) is 10.3. The number of carbonyl (C=O) groups excluding carboxylic acids is 1. The van der Waals surface area contributed by atoms with Gasteiger partial charge in [-0.15, -0.1) is 12.4 Å². The average Bonchev–Trinajstić information content (AvgIpc) is 3.34. The van der Waals surface area contributed by atoms with Crippen LogP contribution < -0.4 is 24.8 Å². The van der Waals surface area contributed by atoms with Crippen molar-refractivity contribution in [1.29, 1.82) is 0 Å². The number of urea groups is 1. The number of piperidine rings is 1. The van der Waals surface area contributed by atoms with Gasteiger partial charge in [0.15, 0.2) is 11.5 Å². The third-order valence-corrected chi connectivity index (χ3v) is 9.01. The predicted octanol–water partition coefficient (Wildman–Crippen LogP) is 3.88. The summed E-state index contributed by atoms with van der Waals surface area (Å²) < 4.78 is 42.3. The lowest BCUT2D eigenvalue weighted by atomic mass is 9.89. The first-order chi connectivity index (χ1) is 18.6. The van der Waals surface area contributed by atoms with Crippen molar-refractivity contribution in [3.8, 4) is 17.2 Å². The van der Waals surface area contributed by atoms with Gasteiger partial charge in [0.25, 0.3) is 0 Å². The Bertz CT molecular complexity index is 1230. The SMILES string of the molecule is COc1cc(NC(=O)NC2CN(S(C)(=O)=O)CC2N2CCC(Cc3ccc(Cl)cc3)CC2)cc(OC)c1OC.Cl. The van der Waals surface area contributed by atoms with Crippen LogP contribution in [0.2, 0.25) is 5.02 Å². The van der Waals surface area contributed by atoms with Crippen molar-refractivity contribution in [2.24, 2.45) is 5.92 Å². The molecule has 0 aliphatic carbocycles. The van der Waals surface area contributed by atoms with Gasteiger partial charge < -0.3 is 24.8 Å². The number of nitrogens with one attached hydrogen (secondary N) is 2. The van der Waals surface area contributed by atoms with Gasteiger partial charge in [0.1, 0.15) is 0 Å². The molecule has 0 saturated carbocycles. The molecule has 2 aromatic carbocycles. The number of benzene rings is 2. The van der Waals surface area contributed by atoms with E-state index in [1.54, 1.807) is 12.1 Å².